The zero-order valence-electron chi connectivity index (χ0n) is 16.0. The Labute approximate surface area is 156 Å². The van der Waals surface area contributed by atoms with E-state index in [4.69, 9.17) is 4.74 Å². The van der Waals surface area contributed by atoms with Crippen LogP contribution in [0, 0.1) is 18.8 Å². The predicted octanol–water partition coefficient (Wildman–Crippen LogP) is 2.80. The molecule has 0 bridgehead atoms. The molecule has 2 fully saturated rings. The molecule has 2 atom stereocenters. The van der Waals surface area contributed by atoms with Crippen molar-refractivity contribution in [3.8, 4) is 0 Å². The first-order chi connectivity index (χ1) is 12.7. The first-order valence-electron chi connectivity index (χ1n) is 10.00. The van der Waals surface area contributed by atoms with Crippen LogP contribution in [0.2, 0.25) is 0 Å². The van der Waals surface area contributed by atoms with Crippen molar-refractivity contribution in [2.45, 2.75) is 45.3 Å². The van der Waals surface area contributed by atoms with Crippen molar-refractivity contribution in [1.29, 1.82) is 0 Å². The number of aromatic nitrogens is 4. The smallest absolute Gasteiger partial charge is 0.103 e. The Kier molecular flexibility index (Phi) is 5.41. The van der Waals surface area contributed by atoms with Crippen molar-refractivity contribution in [2.75, 3.05) is 26.2 Å². The second-order valence-electron chi connectivity index (χ2n) is 8.06. The second kappa shape index (κ2) is 7.92. The summed E-state index contributed by atoms with van der Waals surface area (Å²) in [5.74, 6) is 1.32. The predicted molar refractivity (Wildman–Crippen MR) is 101 cm³/mol. The number of piperidine rings is 1. The van der Waals surface area contributed by atoms with Gasteiger partial charge in [0.15, 0.2) is 0 Å². The zero-order chi connectivity index (χ0) is 17.9. The molecule has 142 valence electrons. The summed E-state index contributed by atoms with van der Waals surface area (Å²) in [7, 11) is 2.02. The summed E-state index contributed by atoms with van der Waals surface area (Å²) in [6.45, 7) is 7.57. The van der Waals surface area contributed by atoms with Crippen LogP contribution in [-0.4, -0.2) is 50.7 Å². The van der Waals surface area contributed by atoms with Crippen LogP contribution in [0.1, 0.15) is 43.0 Å². The maximum Gasteiger partial charge on any atom is 0.103 e. The van der Waals surface area contributed by atoms with Gasteiger partial charge in [-0.1, -0.05) is 0 Å². The van der Waals surface area contributed by atoms with Crippen molar-refractivity contribution in [2.24, 2.45) is 18.9 Å². The van der Waals surface area contributed by atoms with E-state index in [-0.39, 0.29) is 6.10 Å². The molecule has 4 rings (SSSR count). The van der Waals surface area contributed by atoms with Crippen molar-refractivity contribution < 1.29 is 4.74 Å². The fourth-order valence-corrected chi connectivity index (χ4v) is 4.53. The molecule has 6 heteroatoms. The van der Waals surface area contributed by atoms with Crippen molar-refractivity contribution in [1.82, 2.24) is 24.5 Å². The highest BCUT2D eigenvalue weighted by molar-refractivity contribution is 5.07. The molecular formula is C20H31N5O. The van der Waals surface area contributed by atoms with Gasteiger partial charge in [-0.25, -0.2) is 0 Å². The molecule has 0 N–H and O–H groups in total. The Hall–Kier alpha value is -1.66. The lowest BCUT2D eigenvalue weighted by Crippen LogP contribution is -2.41. The minimum atomic E-state index is 0.195. The molecule has 6 nitrogen and oxygen atoms in total. The maximum absolute atomic E-state index is 6.16. The average molecular weight is 358 g/mol. The summed E-state index contributed by atoms with van der Waals surface area (Å²) in [4.78, 5) is 2.65. The number of likely N-dealkylation sites (tertiary alicyclic amines) is 1. The highest BCUT2D eigenvalue weighted by Crippen LogP contribution is 2.34. The first-order valence-corrected chi connectivity index (χ1v) is 10.00. The van der Waals surface area contributed by atoms with Gasteiger partial charge in [0.05, 0.1) is 11.9 Å². The largest absolute Gasteiger partial charge is 0.372 e. The van der Waals surface area contributed by atoms with Crippen molar-refractivity contribution in [3.05, 3.63) is 35.9 Å². The molecule has 4 heterocycles. The van der Waals surface area contributed by atoms with Crippen LogP contribution in [-0.2, 0) is 18.3 Å². The molecule has 0 spiro atoms. The number of rotatable bonds is 5. The lowest BCUT2D eigenvalue weighted by Gasteiger charge is -2.38. The minimum Gasteiger partial charge on any atom is -0.372 e. The van der Waals surface area contributed by atoms with E-state index < -0.39 is 0 Å². The van der Waals surface area contributed by atoms with Crippen LogP contribution >= 0.6 is 0 Å². The Morgan fingerprint density at radius 1 is 1.15 bits per heavy atom. The third kappa shape index (κ3) is 4.01. The summed E-state index contributed by atoms with van der Waals surface area (Å²) >= 11 is 0. The molecule has 2 saturated heterocycles. The molecule has 2 aliphatic rings. The van der Waals surface area contributed by atoms with Crippen molar-refractivity contribution in [3.63, 3.8) is 0 Å². The minimum absolute atomic E-state index is 0.195. The van der Waals surface area contributed by atoms with Crippen LogP contribution in [0.5, 0.6) is 0 Å². The van der Waals surface area contributed by atoms with E-state index in [2.05, 4.69) is 39.0 Å². The highest BCUT2D eigenvalue weighted by Gasteiger charge is 2.32. The molecule has 0 aromatic carbocycles. The number of hydrogen-bond donors (Lipinski definition) is 0. The van der Waals surface area contributed by atoms with Gasteiger partial charge in [0.1, 0.15) is 6.10 Å². The molecule has 2 aromatic heterocycles. The third-order valence-electron chi connectivity index (χ3n) is 6.00. The highest BCUT2D eigenvalue weighted by atomic mass is 16.5. The molecular weight excluding hydrogens is 326 g/mol. The van der Waals surface area contributed by atoms with Crippen LogP contribution in [0.4, 0.5) is 0 Å². The molecule has 0 unspecified atom stereocenters. The van der Waals surface area contributed by atoms with Gasteiger partial charge in [-0.2, -0.15) is 10.2 Å². The SMILES string of the molecule is Cc1cnn(CC2CCN(C[C@@H]3CCCO[C@H]3c3ccnn3C)CC2)c1. The van der Waals surface area contributed by atoms with E-state index in [1.165, 1.54) is 50.0 Å². The lowest BCUT2D eigenvalue weighted by molar-refractivity contribution is -0.0458. The van der Waals surface area contributed by atoms with E-state index in [1.807, 2.05) is 24.1 Å². The van der Waals surface area contributed by atoms with Crippen LogP contribution in [0.15, 0.2) is 24.7 Å². The van der Waals surface area contributed by atoms with E-state index in [1.54, 1.807) is 0 Å². The summed E-state index contributed by atoms with van der Waals surface area (Å²) in [6.07, 6.45) is 11.1. The Morgan fingerprint density at radius 3 is 2.69 bits per heavy atom. The molecule has 2 aliphatic heterocycles. The molecule has 0 saturated carbocycles. The average Bonchev–Trinajstić information content (AvgIpc) is 3.25. The Bertz CT molecular complexity index is 701. The molecule has 2 aromatic rings. The Morgan fingerprint density at radius 2 is 2.00 bits per heavy atom. The van der Waals surface area contributed by atoms with Gasteiger partial charge >= 0.3 is 0 Å². The molecule has 0 radical (unpaired) electrons. The lowest BCUT2D eigenvalue weighted by atomic mass is 9.89. The van der Waals surface area contributed by atoms with Gasteiger partial charge < -0.3 is 9.64 Å². The number of ether oxygens (including phenoxy) is 1. The van der Waals surface area contributed by atoms with Crippen LogP contribution in [0.3, 0.4) is 0 Å². The molecule has 26 heavy (non-hydrogen) atoms. The quantitative estimate of drug-likeness (QED) is 0.826. The topological polar surface area (TPSA) is 48.1 Å². The molecule has 0 aliphatic carbocycles. The van der Waals surface area contributed by atoms with Crippen molar-refractivity contribution >= 4 is 0 Å². The second-order valence-corrected chi connectivity index (χ2v) is 8.06. The standard InChI is InChI=1S/C20H31N5O/c1-16-12-22-25(13-16)14-17-6-9-24(10-7-17)15-18-4-3-11-26-20(18)19-5-8-21-23(19)2/h5,8,12-13,17-18,20H,3-4,6-7,9-11,14-15H2,1-2H3/t18-,20+/m0/s1. The Balaban J connectivity index is 1.31. The van der Waals surface area contributed by atoms with E-state index in [0.717, 1.165) is 25.6 Å². The van der Waals surface area contributed by atoms with E-state index >= 15 is 0 Å². The summed E-state index contributed by atoms with van der Waals surface area (Å²) in [5.41, 5.74) is 2.47. The van der Waals surface area contributed by atoms with E-state index in [9.17, 15) is 0 Å². The monoisotopic (exact) mass is 357 g/mol. The van der Waals surface area contributed by atoms with Gasteiger partial charge in [-0.05, 0) is 63.2 Å². The van der Waals surface area contributed by atoms with E-state index in [0.29, 0.717) is 5.92 Å². The fourth-order valence-electron chi connectivity index (χ4n) is 4.53. The number of aryl methyl sites for hydroxylation is 2. The zero-order valence-corrected chi connectivity index (χ0v) is 16.0. The number of nitrogens with zero attached hydrogens (tertiary/aromatic N) is 5. The number of hydrogen-bond acceptors (Lipinski definition) is 4. The molecule has 0 amide bonds. The first kappa shape index (κ1) is 17.7. The van der Waals surface area contributed by atoms with Gasteiger partial charge in [0, 0.05) is 45.1 Å². The van der Waals surface area contributed by atoms with Crippen LogP contribution < -0.4 is 0 Å². The summed E-state index contributed by atoms with van der Waals surface area (Å²) in [5, 5.41) is 8.79. The fraction of sp³-hybridized carbons (Fsp3) is 0.700. The van der Waals surface area contributed by atoms with Gasteiger partial charge in [-0.3, -0.25) is 9.36 Å². The van der Waals surface area contributed by atoms with Gasteiger partial charge in [-0.15, -0.1) is 0 Å². The van der Waals surface area contributed by atoms with Gasteiger partial charge in [0.25, 0.3) is 0 Å². The normalized spacial score (nSPS) is 25.6. The maximum atomic E-state index is 6.16. The van der Waals surface area contributed by atoms with Crippen LogP contribution in [0.25, 0.3) is 0 Å². The summed E-state index contributed by atoms with van der Waals surface area (Å²) in [6, 6.07) is 2.11. The van der Waals surface area contributed by atoms with Gasteiger partial charge in [0.2, 0.25) is 0 Å². The summed E-state index contributed by atoms with van der Waals surface area (Å²) < 4.78 is 10.2. The third-order valence-corrected chi connectivity index (χ3v) is 6.00.